The molecule has 0 radical (unpaired) electrons. The van der Waals surface area contributed by atoms with Crippen molar-refractivity contribution in [1.29, 1.82) is 0 Å². The highest BCUT2D eigenvalue weighted by molar-refractivity contribution is 5.98. The van der Waals surface area contributed by atoms with Crippen LogP contribution in [0.1, 0.15) is 57.3 Å². The number of nitrogens with one attached hydrogen (secondary N) is 1. The second-order valence-electron chi connectivity index (χ2n) is 8.78. The number of fused-ring (bicyclic) bond motifs is 2. The molecule has 10 heteroatoms. The Morgan fingerprint density at radius 2 is 2.03 bits per heavy atom. The minimum Gasteiger partial charge on any atom is -0.383 e. The number of aromatic amines is 1. The zero-order valence-corrected chi connectivity index (χ0v) is 18.9. The molecular weight excluding hydrogens is 457 g/mol. The van der Waals surface area contributed by atoms with Gasteiger partial charge in [0.25, 0.3) is 5.91 Å². The van der Waals surface area contributed by atoms with Crippen LogP contribution in [-0.2, 0) is 19.1 Å². The first-order chi connectivity index (χ1) is 16.7. The van der Waals surface area contributed by atoms with Gasteiger partial charge in [0, 0.05) is 17.1 Å². The number of nitrogens with zero attached hydrogens (tertiary/aromatic N) is 4. The topological polar surface area (TPSA) is 101 Å². The molecule has 3 aromatic heterocycles. The van der Waals surface area contributed by atoms with E-state index in [0.717, 1.165) is 47.3 Å². The Kier molecular flexibility index (Phi) is 5.66. The van der Waals surface area contributed by atoms with E-state index in [1.807, 2.05) is 13.0 Å². The van der Waals surface area contributed by atoms with Gasteiger partial charge in [0.15, 0.2) is 0 Å². The van der Waals surface area contributed by atoms with Crippen molar-refractivity contribution in [2.75, 3.05) is 5.73 Å². The number of aryl methyl sites for hydroxylation is 2. The van der Waals surface area contributed by atoms with Crippen LogP contribution in [0.5, 0.6) is 0 Å². The highest BCUT2D eigenvalue weighted by Gasteiger charge is 2.33. The first kappa shape index (κ1) is 22.8. The number of alkyl halides is 3. The number of carbonyl (C=O) groups excluding carboxylic acids is 1. The van der Waals surface area contributed by atoms with Gasteiger partial charge in [-0.25, -0.2) is 4.98 Å². The summed E-state index contributed by atoms with van der Waals surface area (Å²) >= 11 is 0. The second-order valence-corrected chi connectivity index (χ2v) is 8.78. The van der Waals surface area contributed by atoms with Crippen LogP contribution < -0.4 is 5.73 Å². The molecule has 0 saturated carbocycles. The number of carbonyl (C=O) groups is 1. The van der Waals surface area contributed by atoms with Gasteiger partial charge in [-0.3, -0.25) is 14.9 Å². The fourth-order valence-corrected chi connectivity index (χ4v) is 4.53. The van der Waals surface area contributed by atoms with Crippen LogP contribution in [0.4, 0.5) is 19.0 Å². The number of aromatic nitrogens is 4. The molecule has 3 heterocycles. The Bertz CT molecular complexity index is 1400. The predicted molar refractivity (Wildman–Crippen MR) is 124 cm³/mol. The SMILES string of the molecule is Cc1cc2cc(C(=O)N(Cc3ccc(C(F)(F)F)cn3)[C@H]3CCCc4cn[nH]c43)ccc2nc1N. The smallest absolute Gasteiger partial charge is 0.383 e. The van der Waals surface area contributed by atoms with Crippen molar-refractivity contribution in [1.82, 2.24) is 25.1 Å². The van der Waals surface area contributed by atoms with E-state index in [4.69, 9.17) is 5.73 Å². The van der Waals surface area contributed by atoms with E-state index in [1.165, 1.54) is 6.07 Å². The Morgan fingerprint density at radius 1 is 1.20 bits per heavy atom. The van der Waals surface area contributed by atoms with Gasteiger partial charge in [0.2, 0.25) is 0 Å². The summed E-state index contributed by atoms with van der Waals surface area (Å²) in [5, 5.41) is 7.94. The average molecular weight is 480 g/mol. The molecule has 1 aliphatic carbocycles. The van der Waals surface area contributed by atoms with E-state index in [0.29, 0.717) is 29.0 Å². The number of nitrogen functional groups attached to an aromatic ring is 1. The fraction of sp³-hybridized carbons (Fsp3) is 0.280. The molecular formula is C25H23F3N6O. The fourth-order valence-electron chi connectivity index (χ4n) is 4.53. The molecule has 7 nitrogen and oxygen atoms in total. The van der Waals surface area contributed by atoms with E-state index in [2.05, 4.69) is 20.2 Å². The van der Waals surface area contributed by atoms with Crippen LogP contribution in [0, 0.1) is 6.92 Å². The Hall–Kier alpha value is -3.95. The lowest BCUT2D eigenvalue weighted by molar-refractivity contribution is -0.137. The quantitative estimate of drug-likeness (QED) is 0.429. The third-order valence-corrected chi connectivity index (χ3v) is 6.42. The maximum absolute atomic E-state index is 13.8. The highest BCUT2D eigenvalue weighted by Crippen LogP contribution is 2.35. The molecule has 0 spiro atoms. The van der Waals surface area contributed by atoms with Gasteiger partial charge >= 0.3 is 6.18 Å². The number of rotatable bonds is 4. The summed E-state index contributed by atoms with van der Waals surface area (Å²) in [6, 6.07) is 9.08. The molecule has 1 amide bonds. The summed E-state index contributed by atoms with van der Waals surface area (Å²) < 4.78 is 39.0. The van der Waals surface area contributed by atoms with Crippen molar-refractivity contribution in [3.05, 3.63) is 82.4 Å². The summed E-state index contributed by atoms with van der Waals surface area (Å²) in [7, 11) is 0. The van der Waals surface area contributed by atoms with Crippen LogP contribution in [0.15, 0.2) is 48.8 Å². The first-order valence-electron chi connectivity index (χ1n) is 11.2. The molecule has 35 heavy (non-hydrogen) atoms. The number of halogens is 3. The Morgan fingerprint density at radius 3 is 2.77 bits per heavy atom. The Balaban J connectivity index is 1.53. The van der Waals surface area contributed by atoms with Crippen molar-refractivity contribution >= 4 is 22.6 Å². The van der Waals surface area contributed by atoms with Gasteiger partial charge < -0.3 is 10.6 Å². The van der Waals surface area contributed by atoms with Gasteiger partial charge in [-0.2, -0.15) is 18.3 Å². The summed E-state index contributed by atoms with van der Waals surface area (Å²) in [4.78, 5) is 23.9. The first-order valence-corrected chi connectivity index (χ1v) is 11.2. The number of nitrogens with two attached hydrogens (primary N) is 1. The number of benzene rings is 1. The number of anilines is 1. The van der Waals surface area contributed by atoms with E-state index >= 15 is 0 Å². The Labute approximate surface area is 199 Å². The molecule has 180 valence electrons. The van der Waals surface area contributed by atoms with Crippen LogP contribution in [0.2, 0.25) is 0 Å². The number of hydrogen-bond acceptors (Lipinski definition) is 5. The highest BCUT2D eigenvalue weighted by atomic mass is 19.4. The van der Waals surface area contributed by atoms with Crippen molar-refractivity contribution < 1.29 is 18.0 Å². The van der Waals surface area contributed by atoms with E-state index in [9.17, 15) is 18.0 Å². The van der Waals surface area contributed by atoms with E-state index < -0.39 is 11.7 Å². The van der Waals surface area contributed by atoms with Crippen LogP contribution in [-0.4, -0.2) is 31.0 Å². The second kappa shape index (κ2) is 8.68. The number of H-pyrrole nitrogens is 1. The molecule has 0 saturated heterocycles. The van der Waals surface area contributed by atoms with Crippen LogP contribution in [0.25, 0.3) is 10.9 Å². The summed E-state index contributed by atoms with van der Waals surface area (Å²) in [5.41, 5.74) is 9.26. The van der Waals surface area contributed by atoms with E-state index in [1.54, 1.807) is 29.3 Å². The molecule has 0 fully saturated rings. The monoisotopic (exact) mass is 480 g/mol. The minimum atomic E-state index is -4.48. The van der Waals surface area contributed by atoms with Crippen molar-refractivity contribution in [3.8, 4) is 0 Å². The zero-order valence-electron chi connectivity index (χ0n) is 18.9. The third-order valence-electron chi connectivity index (χ3n) is 6.42. The summed E-state index contributed by atoms with van der Waals surface area (Å²) in [6.07, 6.45) is 0.500. The number of amides is 1. The average Bonchev–Trinajstić information content (AvgIpc) is 3.32. The lowest BCUT2D eigenvalue weighted by atomic mass is 9.92. The zero-order chi connectivity index (χ0) is 24.7. The normalized spacial score (nSPS) is 15.7. The van der Waals surface area contributed by atoms with Crippen LogP contribution >= 0.6 is 0 Å². The van der Waals surface area contributed by atoms with Crippen molar-refractivity contribution in [3.63, 3.8) is 0 Å². The molecule has 3 N–H and O–H groups in total. The minimum absolute atomic E-state index is 0.0527. The number of pyridine rings is 2. The van der Waals surface area contributed by atoms with Crippen LogP contribution in [0.3, 0.4) is 0 Å². The van der Waals surface area contributed by atoms with Gasteiger partial charge in [0.1, 0.15) is 5.82 Å². The summed E-state index contributed by atoms with van der Waals surface area (Å²) in [6.45, 7) is 1.90. The van der Waals surface area contributed by atoms with Gasteiger partial charge in [-0.15, -0.1) is 0 Å². The van der Waals surface area contributed by atoms with E-state index in [-0.39, 0.29) is 18.5 Å². The lowest BCUT2D eigenvalue weighted by Crippen LogP contribution is -2.36. The molecule has 0 aliphatic heterocycles. The maximum Gasteiger partial charge on any atom is 0.417 e. The molecule has 1 atom stereocenters. The predicted octanol–water partition coefficient (Wildman–Crippen LogP) is 4.98. The molecule has 4 aromatic rings. The van der Waals surface area contributed by atoms with Gasteiger partial charge in [0.05, 0.1) is 41.3 Å². The third kappa shape index (κ3) is 4.43. The van der Waals surface area contributed by atoms with Crippen molar-refractivity contribution in [2.45, 2.75) is 44.9 Å². The van der Waals surface area contributed by atoms with Gasteiger partial charge in [-0.05, 0) is 73.7 Å². The van der Waals surface area contributed by atoms with Gasteiger partial charge in [-0.1, -0.05) is 0 Å². The lowest BCUT2D eigenvalue weighted by Gasteiger charge is -2.34. The molecule has 0 bridgehead atoms. The standard InChI is InChI=1S/C25H23F3N6O/c1-14-9-17-10-15(5-8-20(17)32-23(14)29)24(35)34(21-4-2-3-16-11-31-33-22(16)21)13-19-7-6-18(12-30-19)25(26,27)28/h5-12,21H,2-4,13H2,1H3,(H2,29,32)(H,31,33)/t21-/m0/s1. The summed E-state index contributed by atoms with van der Waals surface area (Å²) in [5.74, 6) is 0.177. The molecule has 1 aliphatic rings. The molecule has 1 aromatic carbocycles. The number of hydrogen-bond donors (Lipinski definition) is 2. The largest absolute Gasteiger partial charge is 0.417 e. The van der Waals surface area contributed by atoms with Crippen molar-refractivity contribution in [2.24, 2.45) is 0 Å². The molecule has 0 unspecified atom stereocenters. The molecule has 5 rings (SSSR count). The maximum atomic E-state index is 13.8.